The number of rotatable bonds is 5. The molecule has 0 aliphatic heterocycles. The SMILES string of the molecule is C=C(O)/C=C(/C)N(C)C(=C)/C(C)=C\NC. The molecule has 0 rings (SSSR count). The van der Waals surface area contributed by atoms with Gasteiger partial charge in [0.25, 0.3) is 0 Å². The van der Waals surface area contributed by atoms with Crippen LogP contribution in [0.25, 0.3) is 0 Å². The summed E-state index contributed by atoms with van der Waals surface area (Å²) in [5.74, 6) is 0.0439. The molecular weight excluding hydrogens is 188 g/mol. The summed E-state index contributed by atoms with van der Waals surface area (Å²) in [4.78, 5) is 1.89. The highest BCUT2D eigenvalue weighted by molar-refractivity contribution is 5.28. The molecule has 0 fully saturated rings. The van der Waals surface area contributed by atoms with Gasteiger partial charge in [0.2, 0.25) is 0 Å². The van der Waals surface area contributed by atoms with E-state index in [9.17, 15) is 0 Å². The van der Waals surface area contributed by atoms with Crippen molar-refractivity contribution in [2.45, 2.75) is 13.8 Å². The van der Waals surface area contributed by atoms with Gasteiger partial charge in [-0.1, -0.05) is 13.2 Å². The number of aliphatic hydroxyl groups excluding tert-OH is 1. The van der Waals surface area contributed by atoms with Crippen molar-refractivity contribution in [3.63, 3.8) is 0 Å². The predicted octanol–water partition coefficient (Wildman–Crippen LogP) is 2.53. The Morgan fingerprint density at radius 2 is 1.87 bits per heavy atom. The summed E-state index contributed by atoms with van der Waals surface area (Å²) < 4.78 is 0. The third kappa shape index (κ3) is 4.40. The van der Waals surface area contributed by atoms with E-state index in [0.717, 1.165) is 17.0 Å². The Morgan fingerprint density at radius 1 is 1.33 bits per heavy atom. The van der Waals surface area contributed by atoms with Gasteiger partial charge in [0.1, 0.15) is 5.76 Å². The van der Waals surface area contributed by atoms with E-state index in [2.05, 4.69) is 18.5 Å². The first-order valence-electron chi connectivity index (χ1n) is 4.73. The van der Waals surface area contributed by atoms with Crippen molar-refractivity contribution < 1.29 is 5.11 Å². The number of likely N-dealkylation sites (N-methyl/N-ethyl adjacent to an activating group) is 1. The minimum Gasteiger partial charge on any atom is -0.509 e. The number of nitrogens with zero attached hydrogens (tertiary/aromatic N) is 1. The van der Waals surface area contributed by atoms with Gasteiger partial charge in [-0.2, -0.15) is 0 Å². The van der Waals surface area contributed by atoms with Gasteiger partial charge in [0, 0.05) is 31.7 Å². The Labute approximate surface area is 92.1 Å². The van der Waals surface area contributed by atoms with E-state index in [-0.39, 0.29) is 5.76 Å². The lowest BCUT2D eigenvalue weighted by atomic mass is 10.2. The van der Waals surface area contributed by atoms with E-state index >= 15 is 0 Å². The summed E-state index contributed by atoms with van der Waals surface area (Å²) in [5, 5.41) is 12.0. The van der Waals surface area contributed by atoms with E-state index in [1.54, 1.807) is 6.08 Å². The van der Waals surface area contributed by atoms with Crippen LogP contribution in [-0.4, -0.2) is 24.1 Å². The first-order valence-corrected chi connectivity index (χ1v) is 4.73. The van der Waals surface area contributed by atoms with Gasteiger partial charge in [-0.25, -0.2) is 0 Å². The largest absolute Gasteiger partial charge is 0.509 e. The minimum absolute atomic E-state index is 0.0439. The molecule has 0 spiro atoms. The molecule has 0 aromatic rings. The van der Waals surface area contributed by atoms with E-state index in [0.29, 0.717) is 0 Å². The topological polar surface area (TPSA) is 35.5 Å². The quantitative estimate of drug-likeness (QED) is 0.538. The fourth-order valence-electron chi connectivity index (χ4n) is 1.12. The number of hydrogen-bond donors (Lipinski definition) is 2. The summed E-state index contributed by atoms with van der Waals surface area (Å²) in [6, 6.07) is 0. The van der Waals surface area contributed by atoms with E-state index in [1.165, 1.54) is 0 Å². The van der Waals surface area contributed by atoms with Crippen LogP contribution in [-0.2, 0) is 0 Å². The maximum atomic E-state index is 9.04. The van der Waals surface area contributed by atoms with E-state index < -0.39 is 0 Å². The molecule has 0 heterocycles. The van der Waals surface area contributed by atoms with Crippen molar-refractivity contribution in [1.82, 2.24) is 10.2 Å². The zero-order valence-electron chi connectivity index (χ0n) is 9.96. The van der Waals surface area contributed by atoms with Crippen molar-refractivity contribution in [2.24, 2.45) is 0 Å². The summed E-state index contributed by atoms with van der Waals surface area (Å²) in [6.45, 7) is 11.2. The zero-order valence-corrected chi connectivity index (χ0v) is 9.96. The molecule has 0 radical (unpaired) electrons. The summed E-state index contributed by atoms with van der Waals surface area (Å²) in [5.41, 5.74) is 2.80. The number of allylic oxidation sites excluding steroid dienone is 3. The molecule has 84 valence electrons. The Bertz CT molecular complexity index is 314. The van der Waals surface area contributed by atoms with Crippen LogP contribution in [0.1, 0.15) is 13.8 Å². The van der Waals surface area contributed by atoms with Crippen LogP contribution in [0.2, 0.25) is 0 Å². The van der Waals surface area contributed by atoms with Gasteiger partial charge in [-0.15, -0.1) is 0 Å². The first kappa shape index (κ1) is 13.4. The third-order valence-corrected chi connectivity index (χ3v) is 2.13. The monoisotopic (exact) mass is 208 g/mol. The molecule has 0 unspecified atom stereocenters. The fourth-order valence-corrected chi connectivity index (χ4v) is 1.12. The van der Waals surface area contributed by atoms with Gasteiger partial charge >= 0.3 is 0 Å². The Morgan fingerprint density at radius 3 is 2.27 bits per heavy atom. The summed E-state index contributed by atoms with van der Waals surface area (Å²) in [7, 11) is 3.74. The molecule has 0 bridgehead atoms. The molecule has 0 aliphatic rings. The van der Waals surface area contributed by atoms with Crippen LogP contribution in [0.15, 0.2) is 48.2 Å². The second-order valence-corrected chi connectivity index (χ2v) is 3.40. The molecule has 3 heteroatoms. The third-order valence-electron chi connectivity index (χ3n) is 2.13. The Hall–Kier alpha value is -1.64. The molecule has 0 amide bonds. The Balaban J connectivity index is 4.72. The van der Waals surface area contributed by atoms with Crippen molar-refractivity contribution >= 4 is 0 Å². The molecule has 0 aromatic carbocycles. The van der Waals surface area contributed by atoms with Crippen molar-refractivity contribution in [2.75, 3.05) is 14.1 Å². The Kier molecular flexibility index (Phi) is 5.31. The maximum Gasteiger partial charge on any atom is 0.110 e. The average molecular weight is 208 g/mol. The van der Waals surface area contributed by atoms with Crippen LogP contribution in [0.5, 0.6) is 0 Å². The molecular formula is C12H20N2O. The summed E-state index contributed by atoms with van der Waals surface area (Å²) in [6.07, 6.45) is 3.47. The highest BCUT2D eigenvalue weighted by Gasteiger charge is 2.05. The molecule has 3 nitrogen and oxygen atoms in total. The first-order chi connectivity index (χ1) is 6.90. The van der Waals surface area contributed by atoms with Crippen LogP contribution in [0, 0.1) is 0 Å². The van der Waals surface area contributed by atoms with Gasteiger partial charge in [-0.3, -0.25) is 0 Å². The second kappa shape index (κ2) is 5.96. The summed E-state index contributed by atoms with van der Waals surface area (Å²) >= 11 is 0. The normalized spacial score (nSPS) is 12.3. The van der Waals surface area contributed by atoms with Crippen molar-refractivity contribution in [3.05, 3.63) is 48.2 Å². The van der Waals surface area contributed by atoms with Gasteiger partial charge in [0.15, 0.2) is 0 Å². The van der Waals surface area contributed by atoms with Gasteiger partial charge in [0.05, 0.1) is 0 Å². The van der Waals surface area contributed by atoms with Gasteiger partial charge in [-0.05, 0) is 25.5 Å². The van der Waals surface area contributed by atoms with Crippen LogP contribution >= 0.6 is 0 Å². The maximum absolute atomic E-state index is 9.04. The van der Waals surface area contributed by atoms with Crippen molar-refractivity contribution in [3.8, 4) is 0 Å². The molecule has 0 atom stereocenters. The predicted molar refractivity (Wildman–Crippen MR) is 65.2 cm³/mol. The molecule has 0 aliphatic carbocycles. The van der Waals surface area contributed by atoms with Crippen LogP contribution in [0.3, 0.4) is 0 Å². The lowest BCUT2D eigenvalue weighted by Gasteiger charge is -2.23. The molecule has 0 aromatic heterocycles. The van der Waals surface area contributed by atoms with Crippen molar-refractivity contribution in [1.29, 1.82) is 0 Å². The molecule has 2 N–H and O–H groups in total. The second-order valence-electron chi connectivity index (χ2n) is 3.40. The number of hydrogen-bond acceptors (Lipinski definition) is 3. The lowest BCUT2D eigenvalue weighted by Crippen LogP contribution is -2.16. The van der Waals surface area contributed by atoms with Gasteiger partial charge < -0.3 is 15.3 Å². The minimum atomic E-state index is 0.0439. The standard InChI is InChI=1S/C12H20N2O/c1-9(8-13-5)12(4)14(6)10(2)7-11(3)15/h7-8,13,15H,3-4H2,1-2,5-6H3/b9-8-,10-7-. The van der Waals surface area contributed by atoms with E-state index in [4.69, 9.17) is 5.11 Å². The highest BCUT2D eigenvalue weighted by atomic mass is 16.3. The van der Waals surface area contributed by atoms with Crippen LogP contribution in [0.4, 0.5) is 0 Å². The van der Waals surface area contributed by atoms with E-state index in [1.807, 2.05) is 39.0 Å². The highest BCUT2D eigenvalue weighted by Crippen LogP contribution is 2.15. The molecule has 15 heavy (non-hydrogen) atoms. The van der Waals surface area contributed by atoms with Crippen LogP contribution < -0.4 is 5.32 Å². The fraction of sp³-hybridized carbons (Fsp3) is 0.333. The smallest absolute Gasteiger partial charge is 0.110 e. The molecule has 0 saturated heterocycles. The average Bonchev–Trinajstić information content (AvgIpc) is 2.14. The molecule has 0 saturated carbocycles. The number of nitrogens with one attached hydrogen (secondary N) is 1. The number of aliphatic hydroxyl groups is 1. The zero-order chi connectivity index (χ0) is 12.0. The lowest BCUT2D eigenvalue weighted by molar-refractivity contribution is 0.428.